The summed E-state index contributed by atoms with van der Waals surface area (Å²) in [4.78, 5) is 21.0. The van der Waals surface area contributed by atoms with Crippen LogP contribution in [-0.2, 0) is 11.2 Å². The van der Waals surface area contributed by atoms with Gasteiger partial charge >= 0.3 is 0 Å². The normalized spacial score (nSPS) is 13.6. The van der Waals surface area contributed by atoms with E-state index in [0.29, 0.717) is 18.2 Å². The molecule has 26 heavy (non-hydrogen) atoms. The quantitative estimate of drug-likeness (QED) is 0.767. The zero-order chi connectivity index (χ0) is 18.1. The first-order valence-corrected chi connectivity index (χ1v) is 8.83. The molecule has 0 aliphatic heterocycles. The van der Waals surface area contributed by atoms with Crippen molar-refractivity contribution >= 4 is 16.8 Å². The summed E-state index contributed by atoms with van der Waals surface area (Å²) in [5.41, 5.74) is 5.04. The van der Waals surface area contributed by atoms with Crippen LogP contribution in [0.2, 0.25) is 0 Å². The number of likely N-dealkylation sites (N-methyl/N-ethyl adjacent to an activating group) is 1. The highest BCUT2D eigenvalue weighted by Crippen LogP contribution is 2.44. The van der Waals surface area contributed by atoms with Gasteiger partial charge in [-0.3, -0.25) is 4.79 Å². The average molecular weight is 347 g/mol. The van der Waals surface area contributed by atoms with Gasteiger partial charge in [0.2, 0.25) is 11.8 Å². The Balaban J connectivity index is 1.91. The molecule has 0 radical (unpaired) electrons. The largest absolute Gasteiger partial charge is 0.481 e. The van der Waals surface area contributed by atoms with Crippen LogP contribution in [0.1, 0.15) is 29.9 Å². The molecule has 0 saturated heterocycles. The molecule has 0 atom stereocenters. The Labute approximate surface area is 152 Å². The van der Waals surface area contributed by atoms with Gasteiger partial charge in [-0.05, 0) is 42.0 Å². The van der Waals surface area contributed by atoms with Crippen LogP contribution >= 0.6 is 0 Å². The molecular weight excluding hydrogens is 326 g/mol. The molecule has 0 unspecified atom stereocenters. The van der Waals surface area contributed by atoms with E-state index in [1.165, 1.54) is 18.4 Å². The fraction of sp³-hybridized carbons (Fsp3) is 0.286. The summed E-state index contributed by atoms with van der Waals surface area (Å²) < 4.78 is 5.25. The van der Waals surface area contributed by atoms with Gasteiger partial charge in [0.25, 0.3) is 0 Å². The van der Waals surface area contributed by atoms with E-state index in [1.807, 2.05) is 24.3 Å². The van der Waals surface area contributed by atoms with Crippen LogP contribution in [0.3, 0.4) is 0 Å². The standard InChI is InChI=1S/C21H21N3O2/c1-22-19(25)10-15-4-3-5-16-17(13-6-7-13)12-18(24-21(15)16)14-8-9-23-20(11-14)26-2/h3-5,8-9,11-13H,6-7,10H2,1-2H3,(H,22,25). The number of fused-ring (bicyclic) bond motifs is 1. The summed E-state index contributed by atoms with van der Waals surface area (Å²) in [7, 11) is 3.27. The molecule has 1 aromatic carbocycles. The Morgan fingerprint density at radius 2 is 2.12 bits per heavy atom. The van der Waals surface area contributed by atoms with Gasteiger partial charge in [0.1, 0.15) is 0 Å². The minimum absolute atomic E-state index is 0.0109. The van der Waals surface area contributed by atoms with E-state index in [2.05, 4.69) is 22.4 Å². The highest BCUT2D eigenvalue weighted by atomic mass is 16.5. The van der Waals surface area contributed by atoms with Crippen molar-refractivity contribution in [1.82, 2.24) is 15.3 Å². The summed E-state index contributed by atoms with van der Waals surface area (Å²) in [6, 6.07) is 12.1. The van der Waals surface area contributed by atoms with Crippen molar-refractivity contribution in [2.24, 2.45) is 0 Å². The molecule has 0 spiro atoms. The number of carbonyl (C=O) groups excluding carboxylic acids is 1. The summed E-state index contributed by atoms with van der Waals surface area (Å²) in [5.74, 6) is 1.14. The number of nitrogens with one attached hydrogen (secondary N) is 1. The van der Waals surface area contributed by atoms with Crippen LogP contribution in [0, 0.1) is 0 Å². The van der Waals surface area contributed by atoms with Gasteiger partial charge in [-0.25, -0.2) is 9.97 Å². The Morgan fingerprint density at radius 3 is 2.85 bits per heavy atom. The third-order valence-electron chi connectivity index (χ3n) is 4.84. The zero-order valence-electron chi connectivity index (χ0n) is 15.0. The molecule has 0 bridgehead atoms. The summed E-state index contributed by atoms with van der Waals surface area (Å²) in [6.45, 7) is 0. The predicted octanol–water partition coefficient (Wildman–Crippen LogP) is 3.47. The summed E-state index contributed by atoms with van der Waals surface area (Å²) >= 11 is 0. The van der Waals surface area contributed by atoms with Crippen molar-refractivity contribution in [3.05, 3.63) is 53.7 Å². The Morgan fingerprint density at radius 1 is 1.27 bits per heavy atom. The molecular formula is C21H21N3O2. The Kier molecular flexibility index (Phi) is 4.29. The van der Waals surface area contributed by atoms with Gasteiger partial charge in [-0.1, -0.05) is 18.2 Å². The third kappa shape index (κ3) is 3.12. The highest BCUT2D eigenvalue weighted by molar-refractivity contribution is 5.91. The molecule has 3 aromatic rings. The molecule has 1 aliphatic carbocycles. The smallest absolute Gasteiger partial charge is 0.224 e. The van der Waals surface area contributed by atoms with Gasteiger partial charge in [-0.2, -0.15) is 0 Å². The van der Waals surface area contributed by atoms with Gasteiger partial charge in [0, 0.05) is 30.3 Å². The topological polar surface area (TPSA) is 64.1 Å². The highest BCUT2D eigenvalue weighted by Gasteiger charge is 2.27. The number of aromatic nitrogens is 2. The van der Waals surface area contributed by atoms with Crippen molar-refractivity contribution in [1.29, 1.82) is 0 Å². The van der Waals surface area contributed by atoms with Crippen molar-refractivity contribution < 1.29 is 9.53 Å². The molecule has 5 heteroatoms. The molecule has 5 nitrogen and oxygen atoms in total. The SMILES string of the molecule is CNC(=O)Cc1cccc2c(C3CC3)cc(-c3ccnc(OC)c3)nc12. The fourth-order valence-corrected chi connectivity index (χ4v) is 3.30. The Hall–Kier alpha value is -2.95. The van der Waals surface area contributed by atoms with E-state index in [9.17, 15) is 4.79 Å². The Bertz CT molecular complexity index is 980. The van der Waals surface area contributed by atoms with Crippen LogP contribution in [0.4, 0.5) is 0 Å². The molecule has 132 valence electrons. The van der Waals surface area contributed by atoms with Crippen molar-refractivity contribution in [3.63, 3.8) is 0 Å². The molecule has 2 heterocycles. The number of hydrogen-bond acceptors (Lipinski definition) is 4. The van der Waals surface area contributed by atoms with Crippen LogP contribution in [-0.4, -0.2) is 30.0 Å². The van der Waals surface area contributed by atoms with Crippen LogP contribution in [0.15, 0.2) is 42.6 Å². The van der Waals surface area contributed by atoms with Crippen molar-refractivity contribution in [3.8, 4) is 17.1 Å². The molecule has 1 fully saturated rings. The first kappa shape index (κ1) is 16.5. The number of pyridine rings is 2. The van der Waals surface area contributed by atoms with E-state index in [0.717, 1.165) is 27.7 Å². The number of amides is 1. The fourth-order valence-electron chi connectivity index (χ4n) is 3.30. The van der Waals surface area contributed by atoms with Crippen molar-refractivity contribution in [2.75, 3.05) is 14.2 Å². The van der Waals surface area contributed by atoms with E-state index < -0.39 is 0 Å². The number of benzene rings is 1. The molecule has 1 aliphatic rings. The second kappa shape index (κ2) is 6.75. The van der Waals surface area contributed by atoms with Gasteiger partial charge in [0.05, 0.1) is 24.7 Å². The number of hydrogen-bond donors (Lipinski definition) is 1. The maximum atomic E-state index is 11.9. The summed E-state index contributed by atoms with van der Waals surface area (Å²) in [5, 5.41) is 3.85. The third-order valence-corrected chi connectivity index (χ3v) is 4.84. The number of nitrogens with zero attached hydrogens (tertiary/aromatic N) is 2. The summed E-state index contributed by atoms with van der Waals surface area (Å²) in [6.07, 6.45) is 4.47. The maximum absolute atomic E-state index is 11.9. The van der Waals surface area contributed by atoms with E-state index in [-0.39, 0.29) is 5.91 Å². The molecule has 1 saturated carbocycles. The minimum Gasteiger partial charge on any atom is -0.481 e. The van der Waals surface area contributed by atoms with Gasteiger partial charge in [0.15, 0.2) is 0 Å². The predicted molar refractivity (Wildman–Crippen MR) is 101 cm³/mol. The lowest BCUT2D eigenvalue weighted by Gasteiger charge is -2.13. The molecule has 1 amide bonds. The van der Waals surface area contributed by atoms with Gasteiger partial charge in [-0.15, -0.1) is 0 Å². The minimum atomic E-state index is -0.0109. The van der Waals surface area contributed by atoms with Crippen LogP contribution in [0.25, 0.3) is 22.2 Å². The van der Waals surface area contributed by atoms with Gasteiger partial charge < -0.3 is 10.1 Å². The van der Waals surface area contributed by atoms with Crippen molar-refractivity contribution in [2.45, 2.75) is 25.2 Å². The second-order valence-corrected chi connectivity index (χ2v) is 6.62. The second-order valence-electron chi connectivity index (χ2n) is 6.62. The number of rotatable bonds is 5. The van der Waals surface area contributed by atoms with E-state index >= 15 is 0 Å². The molecule has 2 aromatic heterocycles. The maximum Gasteiger partial charge on any atom is 0.224 e. The van der Waals surface area contributed by atoms with E-state index in [4.69, 9.17) is 9.72 Å². The number of ether oxygens (including phenoxy) is 1. The van der Waals surface area contributed by atoms with Crippen LogP contribution < -0.4 is 10.1 Å². The monoisotopic (exact) mass is 347 g/mol. The zero-order valence-corrected chi connectivity index (χ0v) is 15.0. The number of para-hydroxylation sites is 1. The number of methoxy groups -OCH3 is 1. The lowest BCUT2D eigenvalue weighted by molar-refractivity contribution is -0.119. The van der Waals surface area contributed by atoms with Crippen LogP contribution in [0.5, 0.6) is 5.88 Å². The van der Waals surface area contributed by atoms with E-state index in [1.54, 1.807) is 20.4 Å². The first-order valence-electron chi connectivity index (χ1n) is 8.83. The average Bonchev–Trinajstić information content (AvgIpc) is 3.52. The first-order chi connectivity index (χ1) is 12.7. The molecule has 1 N–H and O–H groups in total. The molecule has 4 rings (SSSR count). The number of carbonyl (C=O) groups is 1. The lowest BCUT2D eigenvalue weighted by Crippen LogP contribution is -2.20. The lowest BCUT2D eigenvalue weighted by atomic mass is 9.98.